The van der Waals surface area contributed by atoms with Crippen LogP contribution in [0.2, 0.25) is 0 Å². The molecule has 0 N–H and O–H groups in total. The van der Waals surface area contributed by atoms with Crippen LogP contribution in [0.1, 0.15) is 36.8 Å². The third-order valence-corrected chi connectivity index (χ3v) is 6.91. The molecule has 0 spiro atoms. The quantitative estimate of drug-likeness (QED) is 0.354. The van der Waals surface area contributed by atoms with Gasteiger partial charge in [0.05, 0.1) is 26.2 Å². The van der Waals surface area contributed by atoms with E-state index in [0.717, 1.165) is 24.7 Å². The van der Waals surface area contributed by atoms with Crippen LogP contribution < -0.4 is 0 Å². The molecular weight excluding hydrogens is 392 g/mol. The van der Waals surface area contributed by atoms with Crippen molar-refractivity contribution in [1.82, 2.24) is 9.80 Å². The molecule has 0 radical (unpaired) electrons. The van der Waals surface area contributed by atoms with Gasteiger partial charge in [-0.1, -0.05) is 30.7 Å². The van der Waals surface area contributed by atoms with E-state index < -0.39 is 6.29 Å². The van der Waals surface area contributed by atoms with Gasteiger partial charge in [0.2, 0.25) is 5.91 Å². The van der Waals surface area contributed by atoms with Crippen molar-refractivity contribution in [2.75, 3.05) is 60.7 Å². The first-order valence-corrected chi connectivity index (χ1v) is 11.8. The van der Waals surface area contributed by atoms with Crippen molar-refractivity contribution >= 4 is 5.91 Å². The van der Waals surface area contributed by atoms with Crippen LogP contribution in [0.15, 0.2) is 24.3 Å². The number of carbonyl (C=O) groups is 1. The van der Waals surface area contributed by atoms with Crippen molar-refractivity contribution in [2.45, 2.75) is 44.8 Å². The number of benzene rings is 1. The maximum absolute atomic E-state index is 12.1. The van der Waals surface area contributed by atoms with Crippen LogP contribution in [0.5, 0.6) is 0 Å². The molecule has 2 atom stereocenters. The molecule has 0 aromatic heterocycles. The average molecular weight is 433 g/mol. The van der Waals surface area contributed by atoms with Crippen LogP contribution in [0.4, 0.5) is 0 Å². The molecule has 1 aromatic carbocycles. The summed E-state index contributed by atoms with van der Waals surface area (Å²) in [5, 5.41) is 0. The molecule has 1 heterocycles. The Bertz CT molecular complexity index is 650. The Kier molecular flexibility index (Phi) is 9.78. The predicted molar refractivity (Wildman–Crippen MR) is 122 cm³/mol. The van der Waals surface area contributed by atoms with E-state index in [0.29, 0.717) is 26.2 Å². The number of nitrogens with zero attached hydrogens (tertiary/aromatic N) is 2. The van der Waals surface area contributed by atoms with E-state index in [1.54, 1.807) is 26.2 Å². The molecule has 2 unspecified atom stereocenters. The second kappa shape index (κ2) is 12.5. The number of likely N-dealkylation sites (tertiary alicyclic amines) is 1. The largest absolute Gasteiger partial charge is 0.381 e. The van der Waals surface area contributed by atoms with E-state index in [1.165, 1.54) is 50.0 Å². The van der Waals surface area contributed by atoms with Gasteiger partial charge in [-0.2, -0.15) is 0 Å². The lowest BCUT2D eigenvalue weighted by Crippen LogP contribution is -2.36. The molecule has 1 saturated carbocycles. The standard InChI is InChI=1S/C25H40N2O4/c1-26(19-25(29-2)30-3)24(28)13-16-31-15-12-21-9-7-20(8-10-21)11-14-27-17-22-5-4-6-23(22)18-27/h7-10,22-23,25H,4-6,11-19H2,1-3H3. The van der Waals surface area contributed by atoms with Gasteiger partial charge >= 0.3 is 0 Å². The van der Waals surface area contributed by atoms with Crippen LogP contribution in [-0.4, -0.2) is 82.7 Å². The van der Waals surface area contributed by atoms with Crippen LogP contribution in [0, 0.1) is 11.8 Å². The fourth-order valence-corrected chi connectivity index (χ4v) is 4.89. The first-order chi connectivity index (χ1) is 15.1. The highest BCUT2D eigenvalue weighted by atomic mass is 16.7. The zero-order chi connectivity index (χ0) is 22.1. The van der Waals surface area contributed by atoms with Gasteiger partial charge in [0, 0.05) is 40.9 Å². The molecular formula is C25H40N2O4. The van der Waals surface area contributed by atoms with E-state index in [2.05, 4.69) is 29.2 Å². The number of likely N-dealkylation sites (N-methyl/N-ethyl adjacent to an activating group) is 1. The molecule has 2 fully saturated rings. The molecule has 6 nitrogen and oxygen atoms in total. The monoisotopic (exact) mass is 432 g/mol. The van der Waals surface area contributed by atoms with E-state index in [-0.39, 0.29) is 5.91 Å². The zero-order valence-electron chi connectivity index (χ0n) is 19.6. The Morgan fingerprint density at radius 1 is 1.03 bits per heavy atom. The lowest BCUT2D eigenvalue weighted by Gasteiger charge is -2.22. The van der Waals surface area contributed by atoms with Gasteiger partial charge in [-0.3, -0.25) is 4.79 Å². The summed E-state index contributed by atoms with van der Waals surface area (Å²) in [7, 11) is 4.89. The summed E-state index contributed by atoms with van der Waals surface area (Å²) in [5.41, 5.74) is 2.70. The minimum atomic E-state index is -0.396. The summed E-state index contributed by atoms with van der Waals surface area (Å²) < 4.78 is 15.9. The first kappa shape index (κ1) is 24.2. The van der Waals surface area contributed by atoms with E-state index in [4.69, 9.17) is 14.2 Å². The van der Waals surface area contributed by atoms with Crippen molar-refractivity contribution in [3.63, 3.8) is 0 Å². The molecule has 1 aromatic rings. The van der Waals surface area contributed by atoms with Gasteiger partial charge < -0.3 is 24.0 Å². The summed E-state index contributed by atoms with van der Waals surface area (Å²) in [5.74, 6) is 1.99. The third-order valence-electron chi connectivity index (χ3n) is 6.91. The van der Waals surface area contributed by atoms with Gasteiger partial charge in [0.1, 0.15) is 0 Å². The Morgan fingerprint density at radius 2 is 1.65 bits per heavy atom. The number of ether oxygens (including phenoxy) is 3. The lowest BCUT2D eigenvalue weighted by atomic mass is 10.0. The summed E-state index contributed by atoms with van der Waals surface area (Å²) in [4.78, 5) is 16.4. The maximum atomic E-state index is 12.1. The number of rotatable bonds is 13. The number of hydrogen-bond donors (Lipinski definition) is 0. The van der Waals surface area contributed by atoms with Crippen molar-refractivity contribution < 1.29 is 19.0 Å². The van der Waals surface area contributed by atoms with Gasteiger partial charge in [-0.25, -0.2) is 0 Å². The number of fused-ring (bicyclic) bond motifs is 1. The van der Waals surface area contributed by atoms with Crippen molar-refractivity contribution in [3.8, 4) is 0 Å². The molecule has 1 aliphatic carbocycles. The molecule has 174 valence electrons. The minimum Gasteiger partial charge on any atom is -0.381 e. The van der Waals surface area contributed by atoms with Crippen molar-refractivity contribution in [2.24, 2.45) is 11.8 Å². The molecule has 0 bridgehead atoms. The minimum absolute atomic E-state index is 0.0325. The van der Waals surface area contributed by atoms with Gasteiger partial charge in [0.15, 0.2) is 6.29 Å². The fourth-order valence-electron chi connectivity index (χ4n) is 4.89. The molecule has 1 amide bonds. The van der Waals surface area contributed by atoms with E-state index in [9.17, 15) is 4.79 Å². The van der Waals surface area contributed by atoms with Gasteiger partial charge in [-0.15, -0.1) is 0 Å². The lowest BCUT2D eigenvalue weighted by molar-refractivity contribution is -0.143. The van der Waals surface area contributed by atoms with Crippen LogP contribution in [0.3, 0.4) is 0 Å². The number of methoxy groups -OCH3 is 2. The Labute approximate surface area is 187 Å². The summed E-state index contributed by atoms with van der Waals surface area (Å²) in [6, 6.07) is 8.94. The fraction of sp³-hybridized carbons (Fsp3) is 0.720. The smallest absolute Gasteiger partial charge is 0.224 e. The molecule has 31 heavy (non-hydrogen) atoms. The number of carbonyl (C=O) groups excluding carboxylic acids is 1. The first-order valence-electron chi connectivity index (χ1n) is 11.8. The van der Waals surface area contributed by atoms with E-state index in [1.807, 2.05) is 0 Å². The number of amides is 1. The highest BCUT2D eigenvalue weighted by molar-refractivity contribution is 5.75. The third kappa shape index (κ3) is 7.56. The Balaban J connectivity index is 1.26. The van der Waals surface area contributed by atoms with Crippen LogP contribution in [-0.2, 0) is 31.8 Å². The highest BCUT2D eigenvalue weighted by Crippen LogP contribution is 2.37. The Hall–Kier alpha value is -1.47. The van der Waals surface area contributed by atoms with Gasteiger partial charge in [-0.05, 0) is 48.6 Å². The summed E-state index contributed by atoms with van der Waals surface area (Å²) in [6.07, 6.45) is 6.33. The molecule has 1 aliphatic heterocycles. The Morgan fingerprint density at radius 3 is 2.26 bits per heavy atom. The van der Waals surface area contributed by atoms with Gasteiger partial charge in [0.25, 0.3) is 0 Å². The van der Waals surface area contributed by atoms with Crippen molar-refractivity contribution in [1.29, 1.82) is 0 Å². The number of hydrogen-bond acceptors (Lipinski definition) is 5. The topological polar surface area (TPSA) is 51.2 Å². The molecule has 2 aliphatic rings. The second-order valence-corrected chi connectivity index (χ2v) is 9.06. The SMILES string of the molecule is COC(CN(C)C(=O)CCOCCc1ccc(CCN2CC3CCCC3C2)cc1)OC. The second-order valence-electron chi connectivity index (χ2n) is 9.06. The molecule has 3 rings (SSSR count). The molecule has 1 saturated heterocycles. The predicted octanol–water partition coefficient (Wildman–Crippen LogP) is 2.99. The maximum Gasteiger partial charge on any atom is 0.224 e. The van der Waals surface area contributed by atoms with E-state index >= 15 is 0 Å². The highest BCUT2D eigenvalue weighted by Gasteiger charge is 2.35. The summed E-state index contributed by atoms with van der Waals surface area (Å²) >= 11 is 0. The zero-order valence-corrected chi connectivity index (χ0v) is 19.6. The van der Waals surface area contributed by atoms with Crippen LogP contribution in [0.25, 0.3) is 0 Å². The molecule has 6 heteroatoms. The average Bonchev–Trinajstić information content (AvgIpc) is 3.38. The van der Waals surface area contributed by atoms with Crippen molar-refractivity contribution in [3.05, 3.63) is 35.4 Å². The summed E-state index contributed by atoms with van der Waals surface area (Å²) in [6.45, 7) is 5.30. The van der Waals surface area contributed by atoms with Crippen LogP contribution >= 0.6 is 0 Å². The normalized spacial score (nSPS) is 21.0.